The first-order valence-corrected chi connectivity index (χ1v) is 8.65. The van der Waals surface area contributed by atoms with Crippen LogP contribution in [0.2, 0.25) is 0 Å². The molecule has 0 saturated carbocycles. The molecule has 0 aliphatic heterocycles. The summed E-state index contributed by atoms with van der Waals surface area (Å²) in [6, 6.07) is 16.6. The third kappa shape index (κ3) is 4.36. The Hall–Kier alpha value is -3.54. The van der Waals surface area contributed by atoms with Crippen molar-refractivity contribution >= 4 is 28.9 Å². The molecule has 0 aliphatic carbocycles. The van der Waals surface area contributed by atoms with E-state index in [0.717, 1.165) is 12.2 Å². The van der Waals surface area contributed by atoms with Crippen molar-refractivity contribution in [2.24, 2.45) is 0 Å². The van der Waals surface area contributed by atoms with E-state index in [9.17, 15) is 9.59 Å². The number of amides is 1. The normalized spacial score (nSPS) is 10.3. The number of aromatic nitrogens is 2. The van der Waals surface area contributed by atoms with Crippen LogP contribution < -0.4 is 10.2 Å². The molecule has 2 aromatic carbocycles. The third-order valence-corrected chi connectivity index (χ3v) is 4.06. The molecule has 1 heterocycles. The summed E-state index contributed by atoms with van der Waals surface area (Å²) in [5.41, 5.74) is 2.29. The summed E-state index contributed by atoms with van der Waals surface area (Å²) in [6.45, 7) is 4.23. The van der Waals surface area contributed by atoms with Crippen LogP contribution in [0.5, 0.6) is 0 Å². The van der Waals surface area contributed by atoms with Gasteiger partial charge < -0.3 is 10.2 Å². The molecule has 136 valence electrons. The highest BCUT2D eigenvalue weighted by atomic mass is 16.2. The average Bonchev–Trinajstić information content (AvgIpc) is 2.70. The van der Waals surface area contributed by atoms with Crippen molar-refractivity contribution in [3.63, 3.8) is 0 Å². The van der Waals surface area contributed by atoms with Gasteiger partial charge in [0, 0.05) is 23.5 Å². The molecule has 0 atom stereocenters. The van der Waals surface area contributed by atoms with E-state index in [1.165, 1.54) is 13.1 Å². The molecule has 1 N–H and O–H groups in total. The van der Waals surface area contributed by atoms with Crippen LogP contribution in [0.25, 0.3) is 0 Å². The molecule has 0 unspecified atom stereocenters. The van der Waals surface area contributed by atoms with Crippen LogP contribution in [-0.4, -0.2) is 28.2 Å². The maximum absolute atomic E-state index is 12.4. The number of para-hydroxylation sites is 1. The number of carbonyl (C=O) groups excluding carboxylic acids is 2. The lowest BCUT2D eigenvalue weighted by atomic mass is 10.1. The summed E-state index contributed by atoms with van der Waals surface area (Å²) in [6.07, 6.45) is 3.03. The largest absolute Gasteiger partial charge is 0.325 e. The van der Waals surface area contributed by atoms with E-state index in [-0.39, 0.29) is 17.4 Å². The van der Waals surface area contributed by atoms with Crippen molar-refractivity contribution < 1.29 is 9.59 Å². The van der Waals surface area contributed by atoms with Gasteiger partial charge in [-0.2, -0.15) is 0 Å². The Kier molecular flexibility index (Phi) is 5.56. The fraction of sp³-hybridized carbons (Fsp3) is 0.143. The van der Waals surface area contributed by atoms with Gasteiger partial charge in [0.2, 0.25) is 0 Å². The molecular weight excluding hydrogens is 340 g/mol. The Morgan fingerprint density at radius 3 is 2.41 bits per heavy atom. The zero-order valence-corrected chi connectivity index (χ0v) is 15.2. The molecule has 3 rings (SSSR count). The van der Waals surface area contributed by atoms with Crippen molar-refractivity contribution in [1.29, 1.82) is 0 Å². The molecule has 0 saturated heterocycles. The standard InChI is InChI=1S/C21H20N4O2/c1-3-25(18-10-5-4-6-11-18)20-14-22-19(13-23-20)21(27)24-17-9-7-8-16(12-17)15(2)26/h4-14H,3H2,1-2H3,(H,24,27). The topological polar surface area (TPSA) is 75.2 Å². The molecule has 0 bridgehead atoms. The minimum absolute atomic E-state index is 0.0594. The van der Waals surface area contributed by atoms with Crippen LogP contribution in [0.4, 0.5) is 17.2 Å². The molecular formula is C21H20N4O2. The number of benzene rings is 2. The van der Waals surface area contributed by atoms with Crippen LogP contribution in [0.3, 0.4) is 0 Å². The second-order valence-corrected chi connectivity index (χ2v) is 5.93. The van der Waals surface area contributed by atoms with Crippen molar-refractivity contribution in [2.75, 3.05) is 16.8 Å². The van der Waals surface area contributed by atoms with Gasteiger partial charge in [-0.15, -0.1) is 0 Å². The molecule has 27 heavy (non-hydrogen) atoms. The Bertz CT molecular complexity index is 940. The fourth-order valence-electron chi connectivity index (χ4n) is 2.67. The first kappa shape index (κ1) is 18.3. The van der Waals surface area contributed by atoms with Gasteiger partial charge >= 0.3 is 0 Å². The van der Waals surface area contributed by atoms with Gasteiger partial charge in [0.25, 0.3) is 5.91 Å². The lowest BCUT2D eigenvalue weighted by Gasteiger charge is -2.21. The van der Waals surface area contributed by atoms with Crippen LogP contribution in [0.15, 0.2) is 67.0 Å². The van der Waals surface area contributed by atoms with Crippen LogP contribution >= 0.6 is 0 Å². The van der Waals surface area contributed by atoms with Crippen LogP contribution in [-0.2, 0) is 0 Å². The van der Waals surface area contributed by atoms with E-state index in [2.05, 4.69) is 15.3 Å². The van der Waals surface area contributed by atoms with E-state index in [0.29, 0.717) is 17.1 Å². The maximum Gasteiger partial charge on any atom is 0.275 e. The zero-order valence-electron chi connectivity index (χ0n) is 15.2. The Morgan fingerprint density at radius 2 is 1.78 bits per heavy atom. The number of ketones is 1. The molecule has 0 spiro atoms. The van der Waals surface area contributed by atoms with E-state index >= 15 is 0 Å². The molecule has 1 aromatic heterocycles. The van der Waals surface area contributed by atoms with Crippen molar-refractivity contribution in [1.82, 2.24) is 9.97 Å². The molecule has 6 heteroatoms. The van der Waals surface area contributed by atoms with Crippen LogP contribution in [0.1, 0.15) is 34.7 Å². The highest BCUT2D eigenvalue weighted by molar-refractivity contribution is 6.03. The summed E-state index contributed by atoms with van der Waals surface area (Å²) in [7, 11) is 0. The second kappa shape index (κ2) is 8.23. The first-order chi connectivity index (χ1) is 13.1. The lowest BCUT2D eigenvalue weighted by molar-refractivity contribution is 0.100. The van der Waals surface area contributed by atoms with Gasteiger partial charge in [0.05, 0.1) is 12.4 Å². The van der Waals surface area contributed by atoms with Gasteiger partial charge in [-0.05, 0) is 38.1 Å². The Balaban J connectivity index is 1.75. The number of carbonyl (C=O) groups is 2. The van der Waals surface area contributed by atoms with Gasteiger partial charge in [-0.25, -0.2) is 9.97 Å². The zero-order chi connectivity index (χ0) is 19.2. The lowest BCUT2D eigenvalue weighted by Crippen LogP contribution is -2.19. The number of hydrogen-bond acceptors (Lipinski definition) is 5. The third-order valence-electron chi connectivity index (χ3n) is 4.06. The van der Waals surface area contributed by atoms with Crippen molar-refractivity contribution in [3.05, 3.63) is 78.2 Å². The molecule has 6 nitrogen and oxygen atoms in total. The molecule has 0 fully saturated rings. The molecule has 1 amide bonds. The number of hydrogen-bond donors (Lipinski definition) is 1. The average molecular weight is 360 g/mol. The monoisotopic (exact) mass is 360 g/mol. The minimum Gasteiger partial charge on any atom is -0.325 e. The summed E-state index contributed by atoms with van der Waals surface area (Å²) >= 11 is 0. The van der Waals surface area contributed by atoms with Crippen molar-refractivity contribution in [3.8, 4) is 0 Å². The molecule has 0 radical (unpaired) electrons. The highest BCUT2D eigenvalue weighted by Gasteiger charge is 2.13. The van der Waals surface area contributed by atoms with Gasteiger partial charge in [-0.1, -0.05) is 30.3 Å². The SMILES string of the molecule is CCN(c1ccccc1)c1cnc(C(=O)Nc2cccc(C(C)=O)c2)cn1. The van der Waals surface area contributed by atoms with E-state index in [1.807, 2.05) is 42.2 Å². The number of Topliss-reactive ketones (excluding diaryl/α,β-unsaturated/α-hetero) is 1. The molecule has 0 aliphatic rings. The van der Waals surface area contributed by atoms with Crippen LogP contribution in [0, 0.1) is 0 Å². The van der Waals surface area contributed by atoms with E-state index in [4.69, 9.17) is 0 Å². The van der Waals surface area contributed by atoms with Gasteiger partial charge in [0.15, 0.2) is 11.6 Å². The predicted octanol–water partition coefficient (Wildman–Crippen LogP) is 4.09. The number of nitrogens with zero attached hydrogens (tertiary/aromatic N) is 3. The van der Waals surface area contributed by atoms with E-state index in [1.54, 1.807) is 30.5 Å². The predicted molar refractivity (Wildman–Crippen MR) is 106 cm³/mol. The second-order valence-electron chi connectivity index (χ2n) is 5.93. The Labute approximate surface area is 157 Å². The first-order valence-electron chi connectivity index (χ1n) is 8.65. The fourth-order valence-corrected chi connectivity index (χ4v) is 2.67. The maximum atomic E-state index is 12.4. The summed E-state index contributed by atoms with van der Waals surface area (Å²) < 4.78 is 0. The smallest absolute Gasteiger partial charge is 0.275 e. The summed E-state index contributed by atoms with van der Waals surface area (Å²) in [5, 5.41) is 2.74. The number of rotatable bonds is 6. The summed E-state index contributed by atoms with van der Waals surface area (Å²) in [5.74, 6) is 0.229. The quantitative estimate of drug-likeness (QED) is 0.670. The highest BCUT2D eigenvalue weighted by Crippen LogP contribution is 2.22. The summed E-state index contributed by atoms with van der Waals surface area (Å²) in [4.78, 5) is 34.5. The van der Waals surface area contributed by atoms with E-state index < -0.39 is 0 Å². The van der Waals surface area contributed by atoms with Gasteiger partial charge in [-0.3, -0.25) is 9.59 Å². The van der Waals surface area contributed by atoms with Crippen molar-refractivity contribution in [2.45, 2.75) is 13.8 Å². The number of nitrogens with one attached hydrogen (secondary N) is 1. The number of anilines is 3. The van der Waals surface area contributed by atoms with Gasteiger partial charge in [0.1, 0.15) is 5.69 Å². The molecule has 3 aromatic rings. The minimum atomic E-state index is -0.377. The Morgan fingerprint density at radius 1 is 1.00 bits per heavy atom.